The summed E-state index contributed by atoms with van der Waals surface area (Å²) >= 11 is 17.5. The number of phosphoric acid groups is 1. The number of carbonyl (C=O) groups is 1. The molecule has 268 valence electrons. The number of ether oxygens (including phenoxy) is 4. The number of amides is 1. The molecule has 1 saturated heterocycles. The molecule has 2 N–H and O–H groups in total. The zero-order valence-electron chi connectivity index (χ0n) is 28.0. The molecule has 0 aromatic rings. The lowest BCUT2D eigenvalue weighted by Gasteiger charge is -2.31. The van der Waals surface area contributed by atoms with Crippen LogP contribution in [0.5, 0.6) is 0 Å². The smallest absolute Gasteiger partial charge is 0.439 e. The van der Waals surface area contributed by atoms with E-state index in [1.54, 1.807) is 13.8 Å². The second-order valence-corrected chi connectivity index (χ2v) is 16.8. The van der Waals surface area contributed by atoms with E-state index < -0.39 is 29.4 Å². The number of unbranched alkanes of at least 4 members (excludes halogenated alkanes) is 9. The summed E-state index contributed by atoms with van der Waals surface area (Å²) in [6.07, 6.45) is 12.3. The number of halogens is 3. The molecule has 0 aromatic heterocycles. The Hall–Kier alpha value is 0.0900. The van der Waals surface area contributed by atoms with Crippen LogP contribution in [0.1, 0.15) is 97.3 Å². The summed E-state index contributed by atoms with van der Waals surface area (Å²) < 4.78 is 44.3. The van der Waals surface area contributed by atoms with E-state index in [1.807, 2.05) is 21.1 Å². The highest BCUT2D eigenvalue weighted by Crippen LogP contribution is 2.43. The normalized spacial score (nSPS) is 18.4. The Morgan fingerprint density at radius 3 is 2.09 bits per heavy atom. The summed E-state index contributed by atoms with van der Waals surface area (Å²) in [7, 11) is 1.74. The van der Waals surface area contributed by atoms with Gasteiger partial charge in [0, 0.05) is 19.8 Å². The van der Waals surface area contributed by atoms with Crippen molar-refractivity contribution in [3.8, 4) is 0 Å². The van der Waals surface area contributed by atoms with Crippen LogP contribution >= 0.6 is 42.6 Å². The molecule has 1 rings (SSSR count). The van der Waals surface area contributed by atoms with Gasteiger partial charge in [-0.2, -0.15) is 0 Å². The number of quaternary nitrogens is 1. The van der Waals surface area contributed by atoms with E-state index in [9.17, 15) is 14.3 Å². The van der Waals surface area contributed by atoms with Crippen LogP contribution in [0.15, 0.2) is 0 Å². The Labute approximate surface area is 286 Å². The highest BCUT2D eigenvalue weighted by atomic mass is 35.6. The summed E-state index contributed by atoms with van der Waals surface area (Å²) in [5.41, 5.74) is -1.22. The van der Waals surface area contributed by atoms with Crippen molar-refractivity contribution in [1.82, 2.24) is 5.32 Å². The molecule has 0 saturated carbocycles. The number of hydrogen-bond acceptors (Lipinski definition) is 8. The first kappa shape index (κ1) is 43.1. The Bertz CT molecular complexity index is 838. The van der Waals surface area contributed by atoms with Gasteiger partial charge in [-0.1, -0.05) is 86.2 Å². The average Bonchev–Trinajstić information content (AvgIpc) is 2.92. The first-order valence-electron chi connectivity index (χ1n) is 16.3. The number of carbonyl (C=O) groups excluding carboxylic acids is 1. The molecule has 0 radical (unpaired) electrons. The first-order valence-corrected chi connectivity index (χ1v) is 18.9. The maximum atomic E-state index is 12.3. The van der Waals surface area contributed by atoms with Gasteiger partial charge in [0.1, 0.15) is 19.3 Å². The Morgan fingerprint density at radius 2 is 1.53 bits per heavy atom. The van der Waals surface area contributed by atoms with Crippen LogP contribution in [0.3, 0.4) is 0 Å². The number of hydrogen-bond donors (Lipinski definition) is 2. The molecular weight excluding hydrogens is 670 g/mol. The van der Waals surface area contributed by atoms with Crippen LogP contribution in [0.4, 0.5) is 4.79 Å². The van der Waals surface area contributed by atoms with Gasteiger partial charge in [0.25, 0.3) is 0 Å². The zero-order valence-corrected chi connectivity index (χ0v) is 31.2. The third-order valence-corrected chi connectivity index (χ3v) is 9.59. The largest absolute Gasteiger partial charge is 0.472 e. The average molecular weight is 729 g/mol. The van der Waals surface area contributed by atoms with Crippen molar-refractivity contribution < 1.29 is 46.7 Å². The van der Waals surface area contributed by atoms with Gasteiger partial charge in [0.15, 0.2) is 11.9 Å². The van der Waals surface area contributed by atoms with E-state index in [0.29, 0.717) is 30.8 Å². The van der Waals surface area contributed by atoms with Crippen molar-refractivity contribution in [3.05, 3.63) is 0 Å². The van der Waals surface area contributed by atoms with Gasteiger partial charge in [-0.15, -0.1) is 0 Å². The maximum Gasteiger partial charge on any atom is 0.472 e. The lowest BCUT2D eigenvalue weighted by molar-refractivity contribution is -0.870. The fourth-order valence-electron chi connectivity index (χ4n) is 4.28. The van der Waals surface area contributed by atoms with Crippen LogP contribution in [-0.4, -0.2) is 105 Å². The van der Waals surface area contributed by atoms with Gasteiger partial charge in [0.2, 0.25) is 3.79 Å². The van der Waals surface area contributed by atoms with Crippen molar-refractivity contribution in [1.29, 1.82) is 0 Å². The Kier molecular flexibility index (Phi) is 21.7. The summed E-state index contributed by atoms with van der Waals surface area (Å²) in [6.45, 7) is 5.69. The van der Waals surface area contributed by atoms with Crippen molar-refractivity contribution in [2.75, 3.05) is 67.3 Å². The molecule has 1 aliphatic rings. The van der Waals surface area contributed by atoms with E-state index in [0.717, 1.165) is 57.8 Å². The number of alkyl carbamates (subject to hydrolysis) is 1. The molecule has 1 fully saturated rings. The van der Waals surface area contributed by atoms with Crippen LogP contribution in [-0.2, 0) is 32.6 Å². The third kappa shape index (κ3) is 23.1. The van der Waals surface area contributed by atoms with Gasteiger partial charge < -0.3 is 33.6 Å². The monoisotopic (exact) mass is 727 g/mol. The molecule has 0 aromatic carbocycles. The summed E-state index contributed by atoms with van der Waals surface area (Å²) in [5, 5.41) is 2.70. The molecule has 15 heteroatoms. The quantitative estimate of drug-likeness (QED) is 0.0425. The van der Waals surface area contributed by atoms with E-state index in [1.165, 1.54) is 25.7 Å². The Morgan fingerprint density at radius 1 is 0.933 bits per heavy atom. The molecule has 0 bridgehead atoms. The predicted molar refractivity (Wildman–Crippen MR) is 179 cm³/mol. The van der Waals surface area contributed by atoms with Gasteiger partial charge in [0.05, 0.1) is 34.4 Å². The summed E-state index contributed by atoms with van der Waals surface area (Å²) in [6, 6.07) is 0. The van der Waals surface area contributed by atoms with E-state index in [2.05, 4.69) is 5.32 Å². The number of likely N-dealkylation sites (N-methyl/N-ethyl adjacent to an activating group) is 1. The van der Waals surface area contributed by atoms with Crippen molar-refractivity contribution in [2.24, 2.45) is 0 Å². The standard InChI is InChI=1S/C30H58Cl3N2O9P/c1-29(2,30(31,32)33)44-28(36)34-19-15-12-10-8-6-7-9-11-13-16-21-39-24-26(43-27-18-14-17-22-40-27)25-42-45(37,38)41-23-20-35(3,4)5/h26-27H,6-25H2,1-5H3,(H-,34,36,37,38)/p+1/t26-,27?/m1/s1. The molecule has 2 unspecified atom stereocenters. The lowest BCUT2D eigenvalue weighted by atomic mass is 10.1. The molecule has 45 heavy (non-hydrogen) atoms. The Balaban J connectivity index is 2.11. The zero-order chi connectivity index (χ0) is 33.8. The van der Waals surface area contributed by atoms with Gasteiger partial charge in [-0.3, -0.25) is 9.05 Å². The minimum absolute atomic E-state index is 0.113. The minimum atomic E-state index is -4.19. The molecule has 0 aliphatic carbocycles. The van der Waals surface area contributed by atoms with Crippen LogP contribution in [0, 0.1) is 0 Å². The number of alkyl halides is 3. The lowest BCUT2D eigenvalue weighted by Crippen LogP contribution is -2.44. The molecule has 3 atom stereocenters. The van der Waals surface area contributed by atoms with Gasteiger partial charge >= 0.3 is 13.9 Å². The second kappa shape index (κ2) is 22.7. The van der Waals surface area contributed by atoms with Crippen LogP contribution in [0.2, 0.25) is 0 Å². The first-order chi connectivity index (χ1) is 21.0. The van der Waals surface area contributed by atoms with E-state index in [-0.39, 0.29) is 26.1 Å². The number of phosphoric ester groups is 1. The minimum Gasteiger partial charge on any atom is -0.439 e. The maximum absolute atomic E-state index is 12.3. The molecule has 1 heterocycles. The number of rotatable bonds is 25. The fourth-order valence-corrected chi connectivity index (χ4v) is 5.14. The molecule has 11 nitrogen and oxygen atoms in total. The topological polar surface area (TPSA) is 122 Å². The van der Waals surface area contributed by atoms with E-state index >= 15 is 0 Å². The van der Waals surface area contributed by atoms with Crippen molar-refractivity contribution in [2.45, 2.75) is 119 Å². The van der Waals surface area contributed by atoms with E-state index in [4.69, 9.17) is 62.8 Å². The van der Waals surface area contributed by atoms with Crippen LogP contribution < -0.4 is 5.32 Å². The molecule has 0 spiro atoms. The molecule has 1 aliphatic heterocycles. The highest BCUT2D eigenvalue weighted by molar-refractivity contribution is 7.47. The van der Waals surface area contributed by atoms with Gasteiger partial charge in [-0.05, 0) is 46.0 Å². The highest BCUT2D eigenvalue weighted by Gasteiger charge is 2.44. The molecule has 1 amide bonds. The third-order valence-electron chi connectivity index (χ3n) is 7.24. The fraction of sp³-hybridized carbons (Fsp3) is 0.967. The van der Waals surface area contributed by atoms with Crippen molar-refractivity contribution in [3.63, 3.8) is 0 Å². The summed E-state index contributed by atoms with van der Waals surface area (Å²) in [5.74, 6) is 0. The summed E-state index contributed by atoms with van der Waals surface area (Å²) in [4.78, 5) is 22.0. The second-order valence-electron chi connectivity index (χ2n) is 13.1. The van der Waals surface area contributed by atoms with Crippen LogP contribution in [0.25, 0.3) is 0 Å². The number of nitrogens with one attached hydrogen (secondary N) is 1. The van der Waals surface area contributed by atoms with Crippen molar-refractivity contribution >= 4 is 48.7 Å². The molecular formula is C30H59Cl3N2O9P+. The number of nitrogens with zero attached hydrogens (tertiary/aromatic N) is 1. The SMILES string of the molecule is CC(C)(OC(=O)NCCCCCCCCCCCCOC[C@H](COP(=O)(O)OCC[N+](C)(C)C)OC1CCCCO1)C(Cl)(Cl)Cl. The van der Waals surface area contributed by atoms with Gasteiger partial charge in [-0.25, -0.2) is 9.36 Å². The predicted octanol–water partition coefficient (Wildman–Crippen LogP) is 7.53.